The van der Waals surface area contributed by atoms with Gasteiger partial charge in [0.05, 0.1) is 24.6 Å². The van der Waals surface area contributed by atoms with Gasteiger partial charge in [0, 0.05) is 6.07 Å². The van der Waals surface area contributed by atoms with Gasteiger partial charge in [-0.2, -0.15) is 0 Å². The first-order valence-corrected chi connectivity index (χ1v) is 5.29. The van der Waals surface area contributed by atoms with Crippen molar-refractivity contribution in [2.75, 3.05) is 5.32 Å². The fraction of sp³-hybridized carbons (Fsp3) is 0.0909. The summed E-state index contributed by atoms with van der Waals surface area (Å²) in [5, 5.41) is 17.2. The van der Waals surface area contributed by atoms with Gasteiger partial charge < -0.3 is 20.3 Å². The molecule has 0 aromatic carbocycles. The Morgan fingerprint density at radius 1 is 1.32 bits per heavy atom. The normalized spacial score (nSPS) is 9.89. The molecule has 2 aromatic rings. The minimum Gasteiger partial charge on any atom is -0.477 e. The quantitative estimate of drug-likeness (QED) is 0.759. The van der Waals surface area contributed by atoms with Crippen LogP contribution in [0.2, 0.25) is 0 Å². The van der Waals surface area contributed by atoms with Crippen molar-refractivity contribution in [3.8, 4) is 0 Å². The summed E-state index contributed by atoms with van der Waals surface area (Å²) >= 11 is 0. The first-order valence-electron chi connectivity index (χ1n) is 5.29. The molecular formula is C11H10N4O4. The standard InChI is InChI=1S/C11H10N4O4/c16-10(17)9-2-1-7(5-12-9)15-11(18)13-6-8-3-4-14-19-8/h1-5H,6H2,(H,16,17)(H2,13,15,18). The van der Waals surface area contributed by atoms with Gasteiger partial charge in [0.25, 0.3) is 0 Å². The molecule has 8 nitrogen and oxygen atoms in total. The molecule has 0 bridgehead atoms. The summed E-state index contributed by atoms with van der Waals surface area (Å²) < 4.78 is 4.81. The van der Waals surface area contributed by atoms with Crippen LogP contribution >= 0.6 is 0 Å². The second kappa shape index (κ2) is 5.63. The largest absolute Gasteiger partial charge is 0.477 e. The molecule has 0 aliphatic heterocycles. The van der Waals surface area contributed by atoms with E-state index in [9.17, 15) is 9.59 Å². The van der Waals surface area contributed by atoms with Crippen LogP contribution in [0.1, 0.15) is 16.2 Å². The number of nitrogens with zero attached hydrogens (tertiary/aromatic N) is 2. The van der Waals surface area contributed by atoms with Crippen LogP contribution in [-0.2, 0) is 6.54 Å². The van der Waals surface area contributed by atoms with E-state index in [2.05, 4.69) is 20.8 Å². The molecular weight excluding hydrogens is 252 g/mol. The van der Waals surface area contributed by atoms with Crippen LogP contribution in [0.15, 0.2) is 35.1 Å². The number of aromatic nitrogens is 2. The number of hydrogen-bond donors (Lipinski definition) is 3. The number of amides is 2. The molecule has 0 saturated carbocycles. The molecule has 2 rings (SSSR count). The first kappa shape index (κ1) is 12.6. The zero-order valence-electron chi connectivity index (χ0n) is 9.66. The van der Waals surface area contributed by atoms with Gasteiger partial charge in [0.2, 0.25) is 0 Å². The van der Waals surface area contributed by atoms with E-state index in [0.29, 0.717) is 11.4 Å². The molecule has 0 spiro atoms. The molecule has 0 aliphatic rings. The molecule has 19 heavy (non-hydrogen) atoms. The van der Waals surface area contributed by atoms with Crippen LogP contribution in [0.3, 0.4) is 0 Å². The van der Waals surface area contributed by atoms with Crippen LogP contribution < -0.4 is 10.6 Å². The minimum atomic E-state index is -1.12. The van der Waals surface area contributed by atoms with Gasteiger partial charge in [-0.3, -0.25) is 0 Å². The van der Waals surface area contributed by atoms with E-state index < -0.39 is 12.0 Å². The van der Waals surface area contributed by atoms with Gasteiger partial charge in [-0.25, -0.2) is 14.6 Å². The zero-order valence-corrected chi connectivity index (χ0v) is 9.66. The highest BCUT2D eigenvalue weighted by molar-refractivity contribution is 5.90. The number of hydrogen-bond acceptors (Lipinski definition) is 5. The second-order valence-corrected chi connectivity index (χ2v) is 3.52. The Morgan fingerprint density at radius 2 is 2.16 bits per heavy atom. The molecule has 0 fully saturated rings. The lowest BCUT2D eigenvalue weighted by atomic mass is 10.3. The smallest absolute Gasteiger partial charge is 0.354 e. The Morgan fingerprint density at radius 3 is 2.74 bits per heavy atom. The monoisotopic (exact) mass is 262 g/mol. The van der Waals surface area contributed by atoms with Gasteiger partial charge in [-0.15, -0.1) is 0 Å². The van der Waals surface area contributed by atoms with Crippen molar-refractivity contribution in [1.82, 2.24) is 15.5 Å². The molecule has 2 heterocycles. The van der Waals surface area contributed by atoms with Crippen molar-refractivity contribution < 1.29 is 19.2 Å². The lowest BCUT2D eigenvalue weighted by Crippen LogP contribution is -2.28. The van der Waals surface area contributed by atoms with Gasteiger partial charge >= 0.3 is 12.0 Å². The number of carboxylic acid groups (broad SMARTS) is 1. The molecule has 0 aliphatic carbocycles. The number of carboxylic acids is 1. The number of urea groups is 1. The SMILES string of the molecule is O=C(NCc1ccno1)Nc1ccc(C(=O)O)nc1. The van der Waals surface area contributed by atoms with E-state index in [0.717, 1.165) is 0 Å². The van der Waals surface area contributed by atoms with Crippen molar-refractivity contribution in [3.05, 3.63) is 42.0 Å². The fourth-order valence-electron chi connectivity index (χ4n) is 1.27. The van der Waals surface area contributed by atoms with Gasteiger partial charge in [-0.05, 0) is 12.1 Å². The second-order valence-electron chi connectivity index (χ2n) is 3.52. The van der Waals surface area contributed by atoms with Crippen LogP contribution in [0.5, 0.6) is 0 Å². The molecule has 8 heteroatoms. The molecule has 3 N–H and O–H groups in total. The Balaban J connectivity index is 1.86. The number of carbonyl (C=O) groups is 2. The number of pyridine rings is 1. The van der Waals surface area contributed by atoms with Crippen LogP contribution in [0.25, 0.3) is 0 Å². The average Bonchev–Trinajstić information content (AvgIpc) is 2.90. The van der Waals surface area contributed by atoms with Gasteiger partial charge in [0.1, 0.15) is 5.69 Å². The van der Waals surface area contributed by atoms with E-state index in [1.165, 1.54) is 24.5 Å². The van der Waals surface area contributed by atoms with Crippen LogP contribution in [0.4, 0.5) is 10.5 Å². The summed E-state index contributed by atoms with van der Waals surface area (Å²) in [5.41, 5.74) is 0.299. The van der Waals surface area contributed by atoms with Crippen molar-refractivity contribution in [2.45, 2.75) is 6.54 Å². The fourth-order valence-corrected chi connectivity index (χ4v) is 1.27. The van der Waals surface area contributed by atoms with Crippen molar-refractivity contribution in [1.29, 1.82) is 0 Å². The van der Waals surface area contributed by atoms with E-state index in [-0.39, 0.29) is 12.2 Å². The van der Waals surface area contributed by atoms with Gasteiger partial charge in [-0.1, -0.05) is 5.16 Å². The maximum atomic E-state index is 11.5. The third-order valence-electron chi connectivity index (χ3n) is 2.15. The molecule has 98 valence electrons. The zero-order chi connectivity index (χ0) is 13.7. The molecule has 2 amide bonds. The Kier molecular flexibility index (Phi) is 3.72. The maximum absolute atomic E-state index is 11.5. The topological polar surface area (TPSA) is 117 Å². The predicted octanol–water partition coefficient (Wildman–Crippen LogP) is 1.09. The Labute approximate surface area is 107 Å². The van der Waals surface area contributed by atoms with Crippen molar-refractivity contribution in [2.24, 2.45) is 0 Å². The van der Waals surface area contributed by atoms with E-state index in [1.54, 1.807) is 6.07 Å². The van der Waals surface area contributed by atoms with Gasteiger partial charge in [0.15, 0.2) is 5.76 Å². The van der Waals surface area contributed by atoms with Crippen molar-refractivity contribution in [3.63, 3.8) is 0 Å². The minimum absolute atomic E-state index is 0.0902. The Bertz CT molecular complexity index is 565. The first-order chi connectivity index (χ1) is 9.15. The number of nitrogens with one attached hydrogen (secondary N) is 2. The molecule has 0 radical (unpaired) electrons. The summed E-state index contributed by atoms with van der Waals surface area (Å²) in [7, 11) is 0. The highest BCUT2D eigenvalue weighted by Crippen LogP contribution is 2.06. The maximum Gasteiger partial charge on any atom is 0.354 e. The van der Waals surface area contributed by atoms with E-state index in [1.807, 2.05) is 0 Å². The molecule has 0 saturated heterocycles. The molecule has 0 atom stereocenters. The third kappa shape index (κ3) is 3.53. The van der Waals surface area contributed by atoms with Crippen LogP contribution in [0, 0.1) is 0 Å². The lowest BCUT2D eigenvalue weighted by molar-refractivity contribution is 0.0690. The number of anilines is 1. The number of carbonyl (C=O) groups excluding carboxylic acids is 1. The van der Waals surface area contributed by atoms with Crippen LogP contribution in [-0.4, -0.2) is 27.2 Å². The molecule has 0 unspecified atom stereocenters. The third-order valence-corrected chi connectivity index (χ3v) is 2.15. The Hall–Kier alpha value is -2.90. The highest BCUT2D eigenvalue weighted by atomic mass is 16.5. The highest BCUT2D eigenvalue weighted by Gasteiger charge is 2.06. The summed E-state index contributed by atoms with van der Waals surface area (Å²) in [6.45, 7) is 0.201. The lowest BCUT2D eigenvalue weighted by Gasteiger charge is -2.05. The van der Waals surface area contributed by atoms with Crippen molar-refractivity contribution >= 4 is 17.7 Å². The van der Waals surface area contributed by atoms with E-state index in [4.69, 9.17) is 9.63 Å². The summed E-state index contributed by atoms with van der Waals surface area (Å²) in [6, 6.07) is 3.92. The average molecular weight is 262 g/mol. The number of rotatable bonds is 4. The molecule has 2 aromatic heterocycles. The summed E-state index contributed by atoms with van der Waals surface area (Å²) in [6.07, 6.45) is 2.74. The summed E-state index contributed by atoms with van der Waals surface area (Å²) in [4.78, 5) is 25.8. The summed E-state index contributed by atoms with van der Waals surface area (Å²) in [5.74, 6) is -0.601. The predicted molar refractivity (Wildman–Crippen MR) is 63.6 cm³/mol. The van der Waals surface area contributed by atoms with E-state index >= 15 is 0 Å². The number of aromatic carboxylic acids is 1.